The predicted octanol–water partition coefficient (Wildman–Crippen LogP) is 15.7. The van der Waals surface area contributed by atoms with Crippen LogP contribution in [0.4, 0.5) is 0 Å². The van der Waals surface area contributed by atoms with Gasteiger partial charge in [-0.2, -0.15) is 0 Å². The van der Waals surface area contributed by atoms with Crippen LogP contribution in [0.5, 0.6) is 0 Å². The quantitative estimate of drug-likeness (QED) is 0.0493. The Morgan fingerprint density at radius 1 is 0.464 bits per heavy atom. The van der Waals surface area contributed by atoms with Crippen LogP contribution < -0.4 is 5.32 Å². The molecule has 1 rings (SSSR count). The summed E-state index contributed by atoms with van der Waals surface area (Å²) in [5.74, 6) is 0.878. The average Bonchev–Trinajstić information content (AvgIpc) is 3.17. The number of unbranched alkanes of at least 4 members (excludes halogenated alkanes) is 24. The second-order valence-electron chi connectivity index (χ2n) is 19.3. The Balaban J connectivity index is 2.59. The molecule has 0 atom stereocenters. The molecule has 0 aromatic rings. The molecular weight excluding hydrogens is 691 g/mol. The SMILES string of the molecule is CCCCCCCCCC(CCCCCCCCC)CC(=O)OCC1(C)CC(CNC)(COC(=O)CC(CCCCCCCCC)CCCCCCCCC)C1. The zero-order chi connectivity index (χ0) is 41.0. The summed E-state index contributed by atoms with van der Waals surface area (Å²) < 4.78 is 12.2. The van der Waals surface area contributed by atoms with Gasteiger partial charge in [-0.15, -0.1) is 0 Å². The molecule has 1 N–H and O–H groups in total. The monoisotopic (exact) mass is 790 g/mol. The molecule has 332 valence electrons. The van der Waals surface area contributed by atoms with E-state index in [0.29, 0.717) is 37.9 Å². The minimum absolute atomic E-state index is 0.00683. The van der Waals surface area contributed by atoms with Gasteiger partial charge in [0.05, 0.1) is 13.2 Å². The molecular formula is C51H99NO4. The topological polar surface area (TPSA) is 64.6 Å². The molecule has 5 heteroatoms. The van der Waals surface area contributed by atoms with Gasteiger partial charge in [-0.3, -0.25) is 9.59 Å². The summed E-state index contributed by atoms with van der Waals surface area (Å²) in [5.41, 5.74) is -0.128. The zero-order valence-corrected chi connectivity index (χ0v) is 38.9. The van der Waals surface area contributed by atoms with Gasteiger partial charge in [-0.05, 0) is 57.4 Å². The number of ether oxygens (including phenoxy) is 2. The van der Waals surface area contributed by atoms with Crippen LogP contribution in [0, 0.1) is 22.7 Å². The number of carbonyl (C=O) groups is 2. The van der Waals surface area contributed by atoms with Gasteiger partial charge in [0.2, 0.25) is 0 Å². The molecule has 0 aliphatic heterocycles. The van der Waals surface area contributed by atoms with E-state index in [1.807, 2.05) is 7.05 Å². The Morgan fingerprint density at radius 3 is 1.05 bits per heavy atom. The number of esters is 2. The summed E-state index contributed by atoms with van der Waals surface area (Å²) in [6, 6.07) is 0. The first-order valence-corrected chi connectivity index (χ1v) is 25.2. The highest BCUT2D eigenvalue weighted by molar-refractivity contribution is 5.70. The number of nitrogens with one attached hydrogen (secondary N) is 1. The minimum atomic E-state index is -0.0746. The second-order valence-corrected chi connectivity index (χ2v) is 19.3. The van der Waals surface area contributed by atoms with Gasteiger partial charge in [0.1, 0.15) is 0 Å². The summed E-state index contributed by atoms with van der Waals surface area (Å²) in [6.45, 7) is 13.1. The van der Waals surface area contributed by atoms with E-state index in [0.717, 1.165) is 45.1 Å². The molecule has 5 nitrogen and oxygen atoms in total. The fraction of sp³-hybridized carbons (Fsp3) is 0.961. The maximum atomic E-state index is 13.3. The second kappa shape index (κ2) is 35.8. The van der Waals surface area contributed by atoms with E-state index in [4.69, 9.17) is 9.47 Å². The van der Waals surface area contributed by atoms with Gasteiger partial charge in [0.15, 0.2) is 0 Å². The smallest absolute Gasteiger partial charge is 0.306 e. The minimum Gasteiger partial charge on any atom is -0.465 e. The van der Waals surface area contributed by atoms with Crippen LogP contribution in [0.3, 0.4) is 0 Å². The first kappa shape index (κ1) is 52.9. The third kappa shape index (κ3) is 28.3. The molecule has 0 unspecified atom stereocenters. The highest BCUT2D eigenvalue weighted by atomic mass is 16.5. The Labute approximate surface area is 350 Å². The molecule has 0 heterocycles. The van der Waals surface area contributed by atoms with Gasteiger partial charge < -0.3 is 14.8 Å². The van der Waals surface area contributed by atoms with Crippen molar-refractivity contribution in [2.24, 2.45) is 22.7 Å². The van der Waals surface area contributed by atoms with E-state index in [-0.39, 0.29) is 22.8 Å². The summed E-state index contributed by atoms with van der Waals surface area (Å²) in [5, 5.41) is 3.39. The van der Waals surface area contributed by atoms with Crippen LogP contribution >= 0.6 is 0 Å². The normalized spacial score (nSPS) is 18.1. The van der Waals surface area contributed by atoms with Crippen molar-refractivity contribution in [3.05, 3.63) is 0 Å². The van der Waals surface area contributed by atoms with Crippen molar-refractivity contribution in [1.29, 1.82) is 0 Å². The van der Waals surface area contributed by atoms with Crippen molar-refractivity contribution in [2.75, 3.05) is 26.8 Å². The fourth-order valence-electron chi connectivity index (χ4n) is 9.85. The Bertz CT molecular complexity index is 862. The Hall–Kier alpha value is -1.10. The molecule has 1 fully saturated rings. The Kier molecular flexibility index (Phi) is 33.8. The molecule has 0 spiro atoms. The van der Waals surface area contributed by atoms with Crippen LogP contribution in [-0.2, 0) is 19.1 Å². The van der Waals surface area contributed by atoms with Gasteiger partial charge in [-0.1, -0.05) is 214 Å². The van der Waals surface area contributed by atoms with Gasteiger partial charge in [-0.25, -0.2) is 0 Å². The van der Waals surface area contributed by atoms with E-state index in [9.17, 15) is 9.59 Å². The molecule has 0 radical (unpaired) electrons. The fourth-order valence-corrected chi connectivity index (χ4v) is 9.85. The zero-order valence-electron chi connectivity index (χ0n) is 38.9. The van der Waals surface area contributed by atoms with Crippen molar-refractivity contribution in [2.45, 2.75) is 266 Å². The van der Waals surface area contributed by atoms with Gasteiger partial charge >= 0.3 is 11.9 Å². The highest BCUT2D eigenvalue weighted by Crippen LogP contribution is 2.54. The van der Waals surface area contributed by atoms with Crippen molar-refractivity contribution in [1.82, 2.24) is 5.32 Å². The van der Waals surface area contributed by atoms with E-state index < -0.39 is 0 Å². The lowest BCUT2D eigenvalue weighted by Crippen LogP contribution is -2.54. The maximum absolute atomic E-state index is 13.3. The van der Waals surface area contributed by atoms with Crippen molar-refractivity contribution in [3.63, 3.8) is 0 Å². The highest BCUT2D eigenvalue weighted by Gasteiger charge is 2.52. The van der Waals surface area contributed by atoms with Crippen LogP contribution in [0.15, 0.2) is 0 Å². The molecule has 0 aromatic heterocycles. The van der Waals surface area contributed by atoms with E-state index in [1.54, 1.807) is 0 Å². The van der Waals surface area contributed by atoms with Crippen LogP contribution in [0.1, 0.15) is 266 Å². The van der Waals surface area contributed by atoms with Crippen LogP contribution in [-0.4, -0.2) is 38.7 Å². The molecule has 1 saturated carbocycles. The number of rotatable bonds is 42. The summed E-state index contributed by atoms with van der Waals surface area (Å²) >= 11 is 0. The van der Waals surface area contributed by atoms with Gasteiger partial charge in [0, 0.05) is 30.2 Å². The van der Waals surface area contributed by atoms with E-state index >= 15 is 0 Å². The molecule has 56 heavy (non-hydrogen) atoms. The maximum Gasteiger partial charge on any atom is 0.306 e. The average molecular weight is 790 g/mol. The van der Waals surface area contributed by atoms with Crippen molar-refractivity contribution < 1.29 is 19.1 Å². The first-order valence-electron chi connectivity index (χ1n) is 25.2. The van der Waals surface area contributed by atoms with Crippen LogP contribution in [0.2, 0.25) is 0 Å². The molecule has 0 aromatic carbocycles. The van der Waals surface area contributed by atoms with Crippen LogP contribution in [0.25, 0.3) is 0 Å². The molecule has 0 bridgehead atoms. The first-order chi connectivity index (χ1) is 27.2. The third-order valence-electron chi connectivity index (χ3n) is 13.1. The molecule has 1 aliphatic rings. The van der Waals surface area contributed by atoms with Crippen molar-refractivity contribution >= 4 is 11.9 Å². The summed E-state index contributed by atoms with van der Waals surface area (Å²) in [6.07, 6.45) is 44.5. The third-order valence-corrected chi connectivity index (χ3v) is 13.1. The summed E-state index contributed by atoms with van der Waals surface area (Å²) in [4.78, 5) is 26.6. The predicted molar refractivity (Wildman–Crippen MR) is 242 cm³/mol. The van der Waals surface area contributed by atoms with E-state index in [1.165, 1.54) is 180 Å². The number of carbonyl (C=O) groups excluding carboxylic acids is 2. The van der Waals surface area contributed by atoms with Gasteiger partial charge in [0.25, 0.3) is 0 Å². The Morgan fingerprint density at radius 2 is 0.750 bits per heavy atom. The summed E-state index contributed by atoms with van der Waals surface area (Å²) in [7, 11) is 2.00. The molecule has 0 amide bonds. The number of hydrogen-bond acceptors (Lipinski definition) is 5. The molecule has 1 aliphatic carbocycles. The van der Waals surface area contributed by atoms with E-state index in [2.05, 4.69) is 39.9 Å². The number of hydrogen-bond donors (Lipinski definition) is 1. The van der Waals surface area contributed by atoms with Crippen molar-refractivity contribution in [3.8, 4) is 0 Å². The standard InChI is InChI=1S/C51H99NO4/c1-7-11-15-19-23-27-31-35-46(36-32-28-24-20-16-12-8-2)39-48(53)55-44-50(5)41-51(42-50,43-52-6)45-56-49(54)40-47(37-33-29-25-21-17-13-9-3)38-34-30-26-22-18-14-10-4/h46-47,52H,7-45H2,1-6H3. The lowest BCUT2D eigenvalue weighted by atomic mass is 9.54. The lowest BCUT2D eigenvalue weighted by molar-refractivity contribution is -0.166. The lowest BCUT2D eigenvalue weighted by Gasteiger charge is -2.54. The largest absolute Gasteiger partial charge is 0.465 e. The molecule has 0 saturated heterocycles.